The van der Waals surface area contributed by atoms with E-state index < -0.39 is 0 Å². The number of fused-ring (bicyclic) bond motifs is 1. The van der Waals surface area contributed by atoms with Gasteiger partial charge in [0.15, 0.2) is 17.1 Å². The van der Waals surface area contributed by atoms with Crippen LogP contribution in [0.25, 0.3) is 11.0 Å². The minimum absolute atomic E-state index is 0.0186. The summed E-state index contributed by atoms with van der Waals surface area (Å²) in [7, 11) is 3.39. The van der Waals surface area contributed by atoms with Crippen molar-refractivity contribution in [2.75, 3.05) is 27.2 Å². The third-order valence-electron chi connectivity index (χ3n) is 4.53. The fourth-order valence-electron chi connectivity index (χ4n) is 3.31. The molecule has 140 valence electrons. The van der Waals surface area contributed by atoms with Crippen molar-refractivity contribution < 1.29 is 18.7 Å². The van der Waals surface area contributed by atoms with E-state index >= 15 is 0 Å². The molecule has 0 saturated carbocycles. The highest BCUT2D eigenvalue weighted by Gasteiger charge is 2.35. The van der Waals surface area contributed by atoms with Crippen LogP contribution in [0.3, 0.4) is 0 Å². The van der Waals surface area contributed by atoms with Gasteiger partial charge in [0, 0.05) is 35.6 Å². The predicted octanol–water partition coefficient (Wildman–Crippen LogP) is 2.03. The van der Waals surface area contributed by atoms with E-state index in [4.69, 9.17) is 20.8 Å². The van der Waals surface area contributed by atoms with Gasteiger partial charge >= 0.3 is 0 Å². The van der Waals surface area contributed by atoms with Crippen molar-refractivity contribution in [2.24, 2.45) is 0 Å². The number of carbonyl (C=O) groups excluding carboxylic acids is 2. The topological polar surface area (TPSA) is 83.8 Å². The van der Waals surface area contributed by atoms with Gasteiger partial charge in [-0.1, -0.05) is 11.6 Å². The van der Waals surface area contributed by atoms with Crippen molar-refractivity contribution in [3.05, 3.63) is 29.0 Å². The van der Waals surface area contributed by atoms with Gasteiger partial charge in [-0.2, -0.15) is 0 Å². The van der Waals surface area contributed by atoms with E-state index in [0.29, 0.717) is 41.3 Å². The Morgan fingerprint density at radius 3 is 2.85 bits per heavy atom. The molecule has 7 nitrogen and oxygen atoms in total. The number of likely N-dealkylation sites (tertiary alicyclic amines) is 1. The molecule has 3 rings (SSSR count). The van der Waals surface area contributed by atoms with E-state index in [1.807, 2.05) is 18.9 Å². The Kier molecular flexibility index (Phi) is 5.38. The second-order valence-electron chi connectivity index (χ2n) is 6.39. The number of methoxy groups -OCH3 is 1. The molecule has 1 aromatic carbocycles. The first-order valence-corrected chi connectivity index (χ1v) is 8.86. The lowest BCUT2D eigenvalue weighted by Gasteiger charge is -2.17. The third-order valence-corrected chi connectivity index (χ3v) is 4.75. The number of likely N-dealkylation sites (N-methyl/N-ethyl adjacent to an activating group) is 2. The Morgan fingerprint density at radius 1 is 1.38 bits per heavy atom. The molecule has 1 fully saturated rings. The molecule has 1 aliphatic rings. The summed E-state index contributed by atoms with van der Waals surface area (Å²) in [6.45, 7) is 3.07. The molecule has 1 aromatic heterocycles. The summed E-state index contributed by atoms with van der Waals surface area (Å²) in [5.74, 6) is 0.317. The molecule has 1 saturated heterocycles. The van der Waals surface area contributed by atoms with Crippen LogP contribution in [0.15, 0.2) is 22.6 Å². The smallest absolute Gasteiger partial charge is 0.287 e. The summed E-state index contributed by atoms with van der Waals surface area (Å²) in [6, 6.07) is 4.62. The molecule has 0 aliphatic carbocycles. The summed E-state index contributed by atoms with van der Waals surface area (Å²) in [4.78, 5) is 26.6. The van der Waals surface area contributed by atoms with Crippen molar-refractivity contribution in [2.45, 2.75) is 25.4 Å². The van der Waals surface area contributed by atoms with Crippen LogP contribution in [0.4, 0.5) is 0 Å². The second kappa shape index (κ2) is 7.55. The number of carbonyl (C=O) groups is 2. The van der Waals surface area contributed by atoms with E-state index in [9.17, 15) is 9.59 Å². The number of furan rings is 1. The number of hydrogen-bond acceptors (Lipinski definition) is 5. The number of benzene rings is 1. The molecule has 2 N–H and O–H groups in total. The molecule has 8 heteroatoms. The Bertz CT molecular complexity index is 835. The molecular weight excluding hydrogens is 358 g/mol. The normalized spacial score (nSPS) is 20.3. The van der Waals surface area contributed by atoms with Crippen LogP contribution in [0, 0.1) is 0 Å². The molecule has 0 radical (unpaired) electrons. The number of halogens is 1. The van der Waals surface area contributed by atoms with Crippen LogP contribution in [0.1, 0.15) is 23.9 Å². The Hall–Kier alpha value is -2.25. The first-order chi connectivity index (χ1) is 12.4. The standard InChI is InChI=1S/C18H22ClN3O4/c1-4-20-17(23)13-8-12(9-22(13)2)21-18(24)15-6-10-5-11(19)7-14(25-3)16(10)26-15/h5-7,12-13H,4,8-9H2,1-3H3,(H,20,23)(H,21,24). The van der Waals surface area contributed by atoms with Crippen LogP contribution in [-0.4, -0.2) is 56.0 Å². The van der Waals surface area contributed by atoms with Crippen LogP contribution >= 0.6 is 11.6 Å². The van der Waals surface area contributed by atoms with E-state index in [1.165, 1.54) is 7.11 Å². The van der Waals surface area contributed by atoms with Crippen LogP contribution in [-0.2, 0) is 4.79 Å². The van der Waals surface area contributed by atoms with Crippen molar-refractivity contribution in [3.8, 4) is 5.75 Å². The lowest BCUT2D eigenvalue weighted by atomic mass is 10.1. The molecule has 2 heterocycles. The highest BCUT2D eigenvalue weighted by Crippen LogP contribution is 2.32. The first kappa shape index (κ1) is 18.5. The summed E-state index contributed by atoms with van der Waals surface area (Å²) in [5.41, 5.74) is 0.478. The highest BCUT2D eigenvalue weighted by molar-refractivity contribution is 6.31. The summed E-state index contributed by atoms with van der Waals surface area (Å²) in [6.07, 6.45) is 0.559. The third kappa shape index (κ3) is 3.64. The van der Waals surface area contributed by atoms with Crippen molar-refractivity contribution >= 4 is 34.4 Å². The zero-order valence-electron chi connectivity index (χ0n) is 15.0. The Labute approximate surface area is 156 Å². The van der Waals surface area contributed by atoms with E-state index in [-0.39, 0.29) is 29.7 Å². The predicted molar refractivity (Wildman–Crippen MR) is 98.7 cm³/mol. The maximum atomic E-state index is 12.6. The molecule has 1 aliphatic heterocycles. The molecule has 2 atom stereocenters. The quantitative estimate of drug-likeness (QED) is 0.830. The van der Waals surface area contributed by atoms with Crippen molar-refractivity contribution in [1.29, 1.82) is 0 Å². The van der Waals surface area contributed by atoms with Gasteiger partial charge < -0.3 is 19.8 Å². The fraction of sp³-hybridized carbons (Fsp3) is 0.444. The minimum atomic E-state index is -0.325. The Balaban J connectivity index is 1.73. The number of ether oxygens (including phenoxy) is 1. The molecule has 2 amide bonds. The van der Waals surface area contributed by atoms with Crippen LogP contribution < -0.4 is 15.4 Å². The van der Waals surface area contributed by atoms with E-state index in [1.54, 1.807) is 18.2 Å². The van der Waals surface area contributed by atoms with Gasteiger partial charge in [0.2, 0.25) is 5.91 Å². The molecule has 2 unspecified atom stereocenters. The number of nitrogens with zero attached hydrogens (tertiary/aromatic N) is 1. The lowest BCUT2D eigenvalue weighted by Crippen LogP contribution is -2.41. The SMILES string of the molecule is CCNC(=O)C1CC(NC(=O)c2cc3cc(Cl)cc(OC)c3o2)CN1C. The summed E-state index contributed by atoms with van der Waals surface area (Å²) >= 11 is 6.05. The zero-order valence-corrected chi connectivity index (χ0v) is 15.7. The van der Waals surface area contributed by atoms with Gasteiger partial charge in [0.05, 0.1) is 13.2 Å². The van der Waals surface area contributed by atoms with Crippen molar-refractivity contribution in [3.63, 3.8) is 0 Å². The monoisotopic (exact) mass is 379 g/mol. The molecule has 0 spiro atoms. The number of rotatable bonds is 5. The number of hydrogen-bond donors (Lipinski definition) is 2. The molecule has 26 heavy (non-hydrogen) atoms. The van der Waals surface area contributed by atoms with Gasteiger partial charge in [0.1, 0.15) is 0 Å². The summed E-state index contributed by atoms with van der Waals surface area (Å²) in [5, 5.41) is 6.96. The highest BCUT2D eigenvalue weighted by atomic mass is 35.5. The largest absolute Gasteiger partial charge is 0.493 e. The minimum Gasteiger partial charge on any atom is -0.493 e. The zero-order chi connectivity index (χ0) is 18.8. The maximum Gasteiger partial charge on any atom is 0.287 e. The first-order valence-electron chi connectivity index (χ1n) is 8.48. The van der Waals surface area contributed by atoms with E-state index in [2.05, 4.69) is 10.6 Å². The summed E-state index contributed by atoms with van der Waals surface area (Å²) < 4.78 is 10.9. The van der Waals surface area contributed by atoms with Gasteiger partial charge in [0.25, 0.3) is 5.91 Å². The maximum absolute atomic E-state index is 12.6. The van der Waals surface area contributed by atoms with Gasteiger partial charge in [-0.15, -0.1) is 0 Å². The lowest BCUT2D eigenvalue weighted by molar-refractivity contribution is -0.124. The van der Waals surface area contributed by atoms with Crippen LogP contribution in [0.2, 0.25) is 5.02 Å². The van der Waals surface area contributed by atoms with Gasteiger partial charge in [-0.25, -0.2) is 0 Å². The van der Waals surface area contributed by atoms with Gasteiger partial charge in [-0.05, 0) is 32.5 Å². The number of amides is 2. The van der Waals surface area contributed by atoms with Crippen molar-refractivity contribution in [1.82, 2.24) is 15.5 Å². The molecule has 2 aromatic rings. The Morgan fingerprint density at radius 2 is 2.15 bits per heavy atom. The molecular formula is C18H22ClN3O4. The fourth-order valence-corrected chi connectivity index (χ4v) is 3.53. The molecule has 0 bridgehead atoms. The van der Waals surface area contributed by atoms with Gasteiger partial charge in [-0.3, -0.25) is 14.5 Å². The second-order valence-corrected chi connectivity index (χ2v) is 6.83. The van der Waals surface area contributed by atoms with E-state index in [0.717, 1.165) is 0 Å². The average molecular weight is 380 g/mol. The van der Waals surface area contributed by atoms with Crippen LogP contribution in [0.5, 0.6) is 5.75 Å². The number of nitrogens with one attached hydrogen (secondary N) is 2. The average Bonchev–Trinajstić information content (AvgIpc) is 3.17.